The number of fused-ring (bicyclic) bond motifs is 3. The first-order chi connectivity index (χ1) is 17.0. The molecule has 1 saturated carbocycles. The minimum Gasteiger partial charge on any atom is -0.468 e. The van der Waals surface area contributed by atoms with Crippen LogP contribution in [-0.2, 0) is 19.7 Å². The second kappa shape index (κ2) is 6.75. The molecule has 3 saturated heterocycles. The van der Waals surface area contributed by atoms with E-state index in [-0.39, 0.29) is 17.9 Å². The van der Waals surface area contributed by atoms with Gasteiger partial charge in [0.15, 0.2) is 5.72 Å². The van der Waals surface area contributed by atoms with E-state index in [2.05, 4.69) is 54.1 Å². The van der Waals surface area contributed by atoms with Crippen molar-refractivity contribution < 1.29 is 14.3 Å². The lowest BCUT2D eigenvalue weighted by atomic mass is 9.43. The second-order valence-electron chi connectivity index (χ2n) is 10.7. The summed E-state index contributed by atoms with van der Waals surface area (Å²) in [5.74, 6) is -0.0300. The molecular weight excluding hydrogens is 438 g/mol. The van der Waals surface area contributed by atoms with E-state index in [0.717, 1.165) is 42.7 Å². The Kier molecular flexibility index (Phi) is 4.08. The predicted octanol–water partition coefficient (Wildman–Crippen LogP) is 3.85. The quantitative estimate of drug-likeness (QED) is 0.494. The van der Waals surface area contributed by atoms with Crippen LogP contribution in [-0.4, -0.2) is 56.5 Å². The molecule has 178 valence electrons. The molecule has 4 heterocycles. The number of likely N-dealkylation sites (N-methyl/N-ethyl adjacent to an activating group) is 1. The molecule has 0 N–H and O–H groups in total. The molecule has 4 fully saturated rings. The van der Waals surface area contributed by atoms with Crippen molar-refractivity contribution in [1.82, 2.24) is 4.90 Å². The standard InChI is InChI=1S/C29H29N3O3/c1-4-19-16-32-12-11-28-23-13-21(20-7-5-18(15-30)6-8-20)9-10-24(23)31(2)29(28)25(32)14-22(19)27(28,17-35-29)26(33)34-3/h4-10,13,22,25H,11-12,14,16-17H2,1-3H3/b19-4-/t22-,25-,27-,28-,29+/m0/s1. The molecule has 0 amide bonds. The van der Waals surface area contributed by atoms with Crippen LogP contribution in [0.1, 0.15) is 30.9 Å². The topological polar surface area (TPSA) is 65.8 Å². The Morgan fingerprint density at radius 3 is 2.71 bits per heavy atom. The number of nitrogens with zero attached hydrogens (tertiary/aromatic N) is 3. The second-order valence-corrected chi connectivity index (χ2v) is 10.7. The van der Waals surface area contributed by atoms with Gasteiger partial charge in [0.1, 0.15) is 5.41 Å². The highest BCUT2D eigenvalue weighted by atomic mass is 16.6. The number of methoxy groups -OCH3 is 1. The number of hydrogen-bond donors (Lipinski definition) is 0. The van der Waals surface area contributed by atoms with Crippen LogP contribution >= 0.6 is 0 Å². The van der Waals surface area contributed by atoms with Gasteiger partial charge in [0.05, 0.1) is 36.8 Å². The smallest absolute Gasteiger partial charge is 0.315 e. The molecule has 1 aliphatic carbocycles. The third kappa shape index (κ3) is 2.09. The number of carbonyl (C=O) groups is 1. The Balaban J connectivity index is 1.51. The Labute approximate surface area is 205 Å². The van der Waals surface area contributed by atoms with E-state index in [1.165, 1.54) is 18.2 Å². The molecule has 6 nitrogen and oxygen atoms in total. The van der Waals surface area contributed by atoms with Crippen LogP contribution in [0.25, 0.3) is 11.1 Å². The fourth-order valence-electron chi connectivity index (χ4n) is 8.71. The SMILES string of the molecule is C/C=C1/CN2CC[C@@]34c5cc(-c6ccc(C#N)cc6)ccc5N(C)[C@]35OC[C@@]4(C(=O)OC)[C@H]1C[C@H]25. The Morgan fingerprint density at radius 1 is 1.23 bits per heavy atom. The average Bonchev–Trinajstić information content (AvgIpc) is 3.29. The van der Waals surface area contributed by atoms with Crippen molar-refractivity contribution in [1.29, 1.82) is 5.26 Å². The highest BCUT2D eigenvalue weighted by Crippen LogP contribution is 2.76. The molecule has 35 heavy (non-hydrogen) atoms. The molecule has 7 rings (SSSR count). The lowest BCUT2D eigenvalue weighted by Gasteiger charge is -2.66. The highest BCUT2D eigenvalue weighted by Gasteiger charge is 2.86. The van der Waals surface area contributed by atoms with Crippen LogP contribution in [0.3, 0.4) is 0 Å². The maximum atomic E-state index is 14.0. The highest BCUT2D eigenvalue weighted by molar-refractivity contribution is 5.87. The summed E-state index contributed by atoms with van der Waals surface area (Å²) >= 11 is 0. The lowest BCUT2D eigenvalue weighted by molar-refractivity contribution is -0.183. The summed E-state index contributed by atoms with van der Waals surface area (Å²) in [6.07, 6.45) is 3.99. The van der Waals surface area contributed by atoms with Crippen molar-refractivity contribution >= 4 is 11.7 Å². The van der Waals surface area contributed by atoms with Crippen molar-refractivity contribution in [3.05, 3.63) is 65.2 Å². The third-order valence-electron chi connectivity index (χ3n) is 10.0. The number of esters is 1. The van der Waals surface area contributed by atoms with Gasteiger partial charge in [-0.25, -0.2) is 0 Å². The van der Waals surface area contributed by atoms with Crippen molar-refractivity contribution in [2.45, 2.75) is 36.9 Å². The van der Waals surface area contributed by atoms with Crippen LogP contribution in [0.5, 0.6) is 0 Å². The first kappa shape index (κ1) is 21.2. The summed E-state index contributed by atoms with van der Waals surface area (Å²) < 4.78 is 12.6. The van der Waals surface area contributed by atoms with Gasteiger partial charge in [-0.2, -0.15) is 5.26 Å². The van der Waals surface area contributed by atoms with Gasteiger partial charge < -0.3 is 14.4 Å². The normalized spacial score (nSPS) is 37.2. The minimum absolute atomic E-state index is 0.107. The molecule has 2 aromatic rings. The van der Waals surface area contributed by atoms with E-state index in [1.807, 2.05) is 24.3 Å². The molecule has 6 heteroatoms. The molecular formula is C29H29N3O3. The molecule has 0 radical (unpaired) electrons. The van der Waals surface area contributed by atoms with Gasteiger partial charge in [-0.15, -0.1) is 0 Å². The summed E-state index contributed by atoms with van der Waals surface area (Å²) in [5, 5.41) is 9.22. The summed E-state index contributed by atoms with van der Waals surface area (Å²) in [7, 11) is 3.67. The number of nitriles is 1. The van der Waals surface area contributed by atoms with E-state index in [4.69, 9.17) is 9.47 Å². The molecule has 4 aliphatic heterocycles. The Bertz CT molecular complexity index is 1340. The summed E-state index contributed by atoms with van der Waals surface area (Å²) in [5.41, 5.74) is 4.67. The van der Waals surface area contributed by atoms with Gasteiger partial charge in [-0.05, 0) is 60.7 Å². The molecule has 5 bridgehead atoms. The lowest BCUT2D eigenvalue weighted by Crippen LogP contribution is -2.80. The van der Waals surface area contributed by atoms with Gasteiger partial charge in [-0.1, -0.05) is 29.8 Å². The first-order valence-electron chi connectivity index (χ1n) is 12.5. The summed E-state index contributed by atoms with van der Waals surface area (Å²) in [6.45, 7) is 4.32. The van der Waals surface area contributed by atoms with Gasteiger partial charge in [0.2, 0.25) is 0 Å². The molecule has 5 atom stereocenters. The van der Waals surface area contributed by atoms with Gasteiger partial charge in [0.25, 0.3) is 0 Å². The zero-order valence-electron chi connectivity index (χ0n) is 20.4. The van der Waals surface area contributed by atoms with Crippen LogP contribution in [0.15, 0.2) is 54.1 Å². The largest absolute Gasteiger partial charge is 0.468 e. The maximum Gasteiger partial charge on any atom is 0.315 e. The zero-order valence-corrected chi connectivity index (χ0v) is 20.4. The van der Waals surface area contributed by atoms with Gasteiger partial charge in [0, 0.05) is 31.7 Å². The summed E-state index contributed by atoms with van der Waals surface area (Å²) in [6, 6.07) is 16.8. The van der Waals surface area contributed by atoms with Gasteiger partial charge in [-0.3, -0.25) is 9.69 Å². The van der Waals surface area contributed by atoms with Gasteiger partial charge >= 0.3 is 5.97 Å². The van der Waals surface area contributed by atoms with Crippen LogP contribution in [0, 0.1) is 22.7 Å². The fourth-order valence-corrected chi connectivity index (χ4v) is 8.71. The van der Waals surface area contributed by atoms with E-state index in [9.17, 15) is 10.1 Å². The first-order valence-corrected chi connectivity index (χ1v) is 12.5. The fraction of sp³-hybridized carbons (Fsp3) is 0.448. The maximum absolute atomic E-state index is 14.0. The minimum atomic E-state index is -0.755. The van der Waals surface area contributed by atoms with Crippen molar-refractivity contribution in [3.63, 3.8) is 0 Å². The number of piperidine rings is 2. The van der Waals surface area contributed by atoms with E-state index < -0.39 is 16.6 Å². The number of benzene rings is 2. The van der Waals surface area contributed by atoms with Crippen LogP contribution in [0.4, 0.5) is 5.69 Å². The monoisotopic (exact) mass is 467 g/mol. The predicted molar refractivity (Wildman–Crippen MR) is 132 cm³/mol. The Hall–Kier alpha value is -3.14. The van der Waals surface area contributed by atoms with Crippen molar-refractivity contribution in [2.24, 2.45) is 11.3 Å². The number of carbonyl (C=O) groups excluding carboxylic acids is 1. The van der Waals surface area contributed by atoms with E-state index in [0.29, 0.717) is 12.2 Å². The average molecular weight is 468 g/mol. The van der Waals surface area contributed by atoms with E-state index >= 15 is 0 Å². The number of hydrogen-bond acceptors (Lipinski definition) is 6. The van der Waals surface area contributed by atoms with Crippen LogP contribution in [0.2, 0.25) is 0 Å². The van der Waals surface area contributed by atoms with Crippen LogP contribution < -0.4 is 4.90 Å². The number of allylic oxidation sites excluding steroid dienone is 1. The number of ether oxygens (including phenoxy) is 2. The zero-order chi connectivity index (χ0) is 24.2. The molecule has 0 aromatic heterocycles. The number of rotatable bonds is 2. The third-order valence-corrected chi connectivity index (χ3v) is 10.0. The molecule has 2 aromatic carbocycles. The van der Waals surface area contributed by atoms with E-state index in [1.54, 1.807) is 0 Å². The molecule has 0 unspecified atom stereocenters. The molecule has 0 spiro atoms. The van der Waals surface area contributed by atoms with Crippen molar-refractivity contribution in [3.8, 4) is 17.2 Å². The molecule has 5 aliphatic rings. The number of anilines is 1. The Morgan fingerprint density at radius 2 is 2.00 bits per heavy atom. The van der Waals surface area contributed by atoms with Crippen molar-refractivity contribution in [2.75, 3.05) is 38.8 Å². The summed E-state index contributed by atoms with van der Waals surface area (Å²) in [4.78, 5) is 18.9.